The van der Waals surface area contributed by atoms with Crippen LogP contribution in [0, 0.1) is 5.92 Å². The fourth-order valence-corrected chi connectivity index (χ4v) is 3.71. The third-order valence-corrected chi connectivity index (χ3v) is 5.19. The lowest BCUT2D eigenvalue weighted by molar-refractivity contribution is -0.0313. The van der Waals surface area contributed by atoms with Gasteiger partial charge in [-0.15, -0.1) is 0 Å². The van der Waals surface area contributed by atoms with E-state index < -0.39 is 0 Å². The molecule has 1 amide bonds. The van der Waals surface area contributed by atoms with E-state index in [1.807, 2.05) is 38.1 Å². The van der Waals surface area contributed by atoms with Gasteiger partial charge in [-0.05, 0) is 70.0 Å². The minimum atomic E-state index is -0.226. The maximum absolute atomic E-state index is 12.7. The van der Waals surface area contributed by atoms with Crippen LogP contribution in [-0.4, -0.2) is 42.8 Å². The molecule has 22 heavy (non-hydrogen) atoms. The largest absolute Gasteiger partial charge is 0.444 e. The van der Waals surface area contributed by atoms with Crippen LogP contribution in [0.1, 0.15) is 26.7 Å². The minimum absolute atomic E-state index is 0.0479. The summed E-state index contributed by atoms with van der Waals surface area (Å²) in [6, 6.07) is 7.86. The Morgan fingerprint density at radius 3 is 2.41 bits per heavy atom. The Morgan fingerprint density at radius 1 is 1.27 bits per heavy atom. The van der Waals surface area contributed by atoms with Gasteiger partial charge in [0.25, 0.3) is 0 Å². The molecule has 4 rings (SSSR count). The van der Waals surface area contributed by atoms with Crippen molar-refractivity contribution in [2.75, 3.05) is 24.5 Å². The highest BCUT2D eigenvalue weighted by molar-refractivity contribution is 9.10. The van der Waals surface area contributed by atoms with E-state index in [0.717, 1.165) is 42.6 Å². The highest BCUT2D eigenvalue weighted by atomic mass is 79.9. The predicted octanol–water partition coefficient (Wildman–Crippen LogP) is 3.89. The number of anilines is 1. The Kier molecular flexibility index (Phi) is 4.73. The van der Waals surface area contributed by atoms with Gasteiger partial charge in [-0.3, -0.25) is 9.80 Å². The van der Waals surface area contributed by atoms with Crippen molar-refractivity contribution in [1.82, 2.24) is 4.90 Å². The number of carbonyl (C=O) groups is 1. The Hall–Kier alpha value is -1.07. The average molecular weight is 367 g/mol. The van der Waals surface area contributed by atoms with E-state index >= 15 is 0 Å². The van der Waals surface area contributed by atoms with Crippen LogP contribution >= 0.6 is 15.9 Å². The summed E-state index contributed by atoms with van der Waals surface area (Å²) >= 11 is 3.43. The second-order valence-corrected chi connectivity index (χ2v) is 7.42. The first-order chi connectivity index (χ1) is 10.5. The summed E-state index contributed by atoms with van der Waals surface area (Å²) in [6.07, 6.45) is 2.12. The highest BCUT2D eigenvalue weighted by Gasteiger charge is 2.37. The van der Waals surface area contributed by atoms with E-state index in [9.17, 15) is 4.79 Å². The number of piperidine rings is 3. The van der Waals surface area contributed by atoms with Gasteiger partial charge in [-0.25, -0.2) is 4.79 Å². The van der Waals surface area contributed by atoms with E-state index in [4.69, 9.17) is 4.74 Å². The fraction of sp³-hybridized carbons (Fsp3) is 0.588. The zero-order chi connectivity index (χ0) is 15.7. The topological polar surface area (TPSA) is 32.8 Å². The molecular formula is C17H23BrN2O2. The van der Waals surface area contributed by atoms with E-state index in [2.05, 4.69) is 20.8 Å². The molecule has 3 aliphatic heterocycles. The van der Waals surface area contributed by atoms with Gasteiger partial charge >= 0.3 is 6.09 Å². The molecule has 0 saturated carbocycles. The van der Waals surface area contributed by atoms with Crippen LogP contribution < -0.4 is 4.90 Å². The van der Waals surface area contributed by atoms with Crippen molar-refractivity contribution < 1.29 is 9.53 Å². The van der Waals surface area contributed by atoms with Crippen molar-refractivity contribution in [1.29, 1.82) is 0 Å². The standard InChI is InChI=1S/C17H23BrN2O2/c1-12(2)20(15-5-3-14(18)4-6-15)17(21)22-16-11-19-9-7-13(16)8-10-19/h3-6,12-13,16H,7-11H2,1-2H3. The van der Waals surface area contributed by atoms with Crippen LogP contribution in [-0.2, 0) is 4.74 Å². The molecule has 3 fully saturated rings. The number of hydrogen-bond donors (Lipinski definition) is 0. The summed E-state index contributed by atoms with van der Waals surface area (Å²) in [5, 5.41) is 0. The molecule has 0 spiro atoms. The van der Waals surface area contributed by atoms with Gasteiger partial charge in [0.1, 0.15) is 6.10 Å². The zero-order valence-electron chi connectivity index (χ0n) is 13.2. The molecule has 3 aliphatic rings. The molecule has 0 aromatic heterocycles. The van der Waals surface area contributed by atoms with Crippen LogP contribution in [0.3, 0.4) is 0 Å². The number of ether oxygens (including phenoxy) is 1. The van der Waals surface area contributed by atoms with Crippen molar-refractivity contribution >= 4 is 27.7 Å². The van der Waals surface area contributed by atoms with Crippen LogP contribution in [0.25, 0.3) is 0 Å². The molecule has 0 aliphatic carbocycles. The van der Waals surface area contributed by atoms with E-state index in [-0.39, 0.29) is 18.2 Å². The van der Waals surface area contributed by atoms with Gasteiger partial charge in [0.05, 0.1) is 0 Å². The maximum atomic E-state index is 12.7. The summed E-state index contributed by atoms with van der Waals surface area (Å²) in [5.74, 6) is 0.535. The molecule has 0 radical (unpaired) electrons. The number of hydrogen-bond acceptors (Lipinski definition) is 3. The molecule has 1 aromatic carbocycles. The summed E-state index contributed by atoms with van der Waals surface area (Å²) in [5.41, 5.74) is 0.879. The Labute approximate surface area is 140 Å². The fourth-order valence-electron chi connectivity index (χ4n) is 3.45. The summed E-state index contributed by atoms with van der Waals surface area (Å²) in [7, 11) is 0. The first-order valence-corrected chi connectivity index (χ1v) is 8.81. The summed E-state index contributed by atoms with van der Waals surface area (Å²) in [6.45, 7) is 7.22. The Bertz CT molecular complexity index is 524. The van der Waals surface area contributed by atoms with E-state index in [0.29, 0.717) is 5.92 Å². The SMILES string of the molecule is CC(C)N(C(=O)OC1CN2CCC1CC2)c1ccc(Br)cc1. The van der Waals surface area contributed by atoms with Gasteiger partial charge < -0.3 is 4.74 Å². The second-order valence-electron chi connectivity index (χ2n) is 6.50. The maximum Gasteiger partial charge on any atom is 0.414 e. The molecule has 1 aromatic rings. The quantitative estimate of drug-likeness (QED) is 0.813. The van der Waals surface area contributed by atoms with E-state index in [1.165, 1.54) is 0 Å². The molecule has 3 saturated heterocycles. The second kappa shape index (κ2) is 6.59. The van der Waals surface area contributed by atoms with Crippen LogP contribution in [0.2, 0.25) is 0 Å². The first kappa shape index (κ1) is 15.8. The molecule has 1 atom stereocenters. The lowest BCUT2D eigenvalue weighted by Gasteiger charge is -2.44. The van der Waals surface area contributed by atoms with Crippen LogP contribution in [0.5, 0.6) is 0 Å². The third-order valence-electron chi connectivity index (χ3n) is 4.67. The van der Waals surface area contributed by atoms with Crippen molar-refractivity contribution in [2.24, 2.45) is 5.92 Å². The van der Waals surface area contributed by atoms with Crippen molar-refractivity contribution in [3.8, 4) is 0 Å². The van der Waals surface area contributed by atoms with E-state index in [1.54, 1.807) is 4.90 Å². The first-order valence-electron chi connectivity index (χ1n) is 8.02. The average Bonchev–Trinajstić information content (AvgIpc) is 2.50. The normalized spacial score (nSPS) is 27.0. The number of carbonyl (C=O) groups excluding carboxylic acids is 1. The monoisotopic (exact) mass is 366 g/mol. The van der Waals surface area contributed by atoms with Crippen molar-refractivity contribution in [3.05, 3.63) is 28.7 Å². The predicted molar refractivity (Wildman–Crippen MR) is 91.2 cm³/mol. The third kappa shape index (κ3) is 3.30. The number of benzene rings is 1. The number of rotatable bonds is 3. The van der Waals surface area contributed by atoms with Gasteiger partial charge in [-0.2, -0.15) is 0 Å². The van der Waals surface area contributed by atoms with Gasteiger partial charge in [0.2, 0.25) is 0 Å². The zero-order valence-corrected chi connectivity index (χ0v) is 14.8. The Morgan fingerprint density at radius 2 is 1.91 bits per heavy atom. The van der Waals surface area contributed by atoms with Crippen LogP contribution in [0.4, 0.5) is 10.5 Å². The molecule has 2 bridgehead atoms. The minimum Gasteiger partial charge on any atom is -0.444 e. The molecule has 1 unspecified atom stereocenters. The van der Waals surface area contributed by atoms with Gasteiger partial charge in [0, 0.05) is 22.7 Å². The smallest absolute Gasteiger partial charge is 0.414 e. The number of halogens is 1. The molecule has 0 N–H and O–H groups in total. The number of nitrogens with zero attached hydrogens (tertiary/aromatic N) is 2. The Balaban J connectivity index is 1.71. The summed E-state index contributed by atoms with van der Waals surface area (Å²) in [4.78, 5) is 16.8. The molecule has 120 valence electrons. The lowest BCUT2D eigenvalue weighted by atomic mass is 9.86. The number of amides is 1. The molecule has 5 heteroatoms. The molecule has 3 heterocycles. The van der Waals surface area contributed by atoms with Crippen LogP contribution in [0.15, 0.2) is 28.7 Å². The van der Waals surface area contributed by atoms with Crippen molar-refractivity contribution in [3.63, 3.8) is 0 Å². The molecule has 4 nitrogen and oxygen atoms in total. The lowest BCUT2D eigenvalue weighted by Crippen LogP contribution is -2.53. The highest BCUT2D eigenvalue weighted by Crippen LogP contribution is 2.30. The summed E-state index contributed by atoms with van der Waals surface area (Å²) < 4.78 is 6.87. The molecular weight excluding hydrogens is 344 g/mol. The van der Waals surface area contributed by atoms with Gasteiger partial charge in [0.15, 0.2) is 0 Å². The van der Waals surface area contributed by atoms with Crippen molar-refractivity contribution in [2.45, 2.75) is 38.8 Å². The number of fused-ring (bicyclic) bond motifs is 3. The van der Waals surface area contributed by atoms with Gasteiger partial charge in [-0.1, -0.05) is 15.9 Å².